The van der Waals surface area contributed by atoms with E-state index in [0.29, 0.717) is 0 Å². The maximum absolute atomic E-state index is 4.73. The number of rotatable bonds is 5. The van der Waals surface area contributed by atoms with Crippen LogP contribution in [0.5, 0.6) is 0 Å². The quantitative estimate of drug-likeness (QED) is 0.585. The summed E-state index contributed by atoms with van der Waals surface area (Å²) < 4.78 is 1.36. The van der Waals surface area contributed by atoms with Crippen molar-refractivity contribution < 1.29 is 0 Å². The molecule has 3 aromatic rings. The van der Waals surface area contributed by atoms with Gasteiger partial charge in [0.2, 0.25) is 0 Å². The van der Waals surface area contributed by atoms with Gasteiger partial charge in [0.1, 0.15) is 0 Å². The van der Waals surface area contributed by atoms with Crippen molar-refractivity contribution in [2.24, 2.45) is 0 Å². The summed E-state index contributed by atoms with van der Waals surface area (Å²) in [4.78, 5) is 4.73. The highest BCUT2D eigenvalue weighted by atomic mass is 32.2. The minimum atomic E-state index is 0.939. The summed E-state index contributed by atoms with van der Waals surface area (Å²) in [5.74, 6) is 0.963. The predicted octanol–water partition coefficient (Wildman–Crippen LogP) is 5.40. The highest BCUT2D eigenvalue weighted by Gasteiger charge is 2.04. The first-order chi connectivity index (χ1) is 9.79. The van der Waals surface area contributed by atoms with E-state index in [1.807, 2.05) is 11.8 Å². The van der Waals surface area contributed by atoms with Gasteiger partial charge in [0.15, 0.2) is 0 Å². The lowest BCUT2D eigenvalue weighted by Gasteiger charge is -1.98. The molecule has 0 saturated carbocycles. The Labute approximate surface area is 131 Å². The van der Waals surface area contributed by atoms with Crippen molar-refractivity contribution in [1.29, 1.82) is 0 Å². The molecule has 0 amide bonds. The lowest BCUT2D eigenvalue weighted by atomic mass is 10.1. The minimum absolute atomic E-state index is 0.939. The first-order valence-corrected chi connectivity index (χ1v) is 9.19. The normalized spacial score (nSPS) is 10.8. The minimum Gasteiger partial charge on any atom is -0.245 e. The zero-order valence-corrected chi connectivity index (χ0v) is 13.7. The largest absolute Gasteiger partial charge is 0.245 e. The van der Waals surface area contributed by atoms with E-state index in [9.17, 15) is 0 Å². The number of thiophene rings is 1. The van der Waals surface area contributed by atoms with Gasteiger partial charge in [0.25, 0.3) is 0 Å². The number of aromatic nitrogens is 1. The summed E-state index contributed by atoms with van der Waals surface area (Å²) in [5.41, 5.74) is 3.83. The van der Waals surface area contributed by atoms with E-state index in [0.717, 1.165) is 12.2 Å². The van der Waals surface area contributed by atoms with Crippen molar-refractivity contribution in [3.05, 3.63) is 69.0 Å². The zero-order valence-electron chi connectivity index (χ0n) is 11.2. The van der Waals surface area contributed by atoms with Crippen LogP contribution in [0.1, 0.15) is 21.8 Å². The van der Waals surface area contributed by atoms with E-state index < -0.39 is 0 Å². The summed E-state index contributed by atoms with van der Waals surface area (Å²) in [7, 11) is 0. The van der Waals surface area contributed by atoms with Gasteiger partial charge in [-0.05, 0) is 23.9 Å². The molecule has 2 aromatic heterocycles. The summed E-state index contributed by atoms with van der Waals surface area (Å²) in [6, 6.07) is 13.0. The van der Waals surface area contributed by atoms with Crippen molar-refractivity contribution in [1.82, 2.24) is 4.98 Å². The molecular formula is C16H15NS3. The Morgan fingerprint density at radius 3 is 2.70 bits per heavy atom. The van der Waals surface area contributed by atoms with Gasteiger partial charge >= 0.3 is 0 Å². The van der Waals surface area contributed by atoms with Crippen molar-refractivity contribution in [3.63, 3.8) is 0 Å². The molecule has 0 unspecified atom stereocenters. The second-order valence-corrected chi connectivity index (χ2v) is 7.78. The summed E-state index contributed by atoms with van der Waals surface area (Å²) in [6.45, 7) is 2.12. The maximum Gasteiger partial charge on any atom is 0.0972 e. The van der Waals surface area contributed by atoms with Crippen LogP contribution in [0, 0.1) is 6.92 Å². The van der Waals surface area contributed by atoms with Crippen LogP contribution < -0.4 is 0 Å². The molecule has 4 heteroatoms. The molecule has 0 aliphatic heterocycles. The van der Waals surface area contributed by atoms with Crippen LogP contribution in [0.2, 0.25) is 0 Å². The molecule has 0 aliphatic carbocycles. The number of benzene rings is 1. The molecule has 0 saturated heterocycles. The van der Waals surface area contributed by atoms with Crippen LogP contribution >= 0.6 is 34.4 Å². The predicted molar refractivity (Wildman–Crippen MR) is 90.0 cm³/mol. The molecule has 0 atom stereocenters. The number of hydrogen-bond donors (Lipinski definition) is 0. The van der Waals surface area contributed by atoms with Crippen LogP contribution in [0.25, 0.3) is 0 Å². The van der Waals surface area contributed by atoms with Crippen molar-refractivity contribution in [2.75, 3.05) is 0 Å². The number of aryl methyl sites for hydroxylation is 1. The third kappa shape index (κ3) is 3.72. The van der Waals surface area contributed by atoms with Crippen LogP contribution in [0.3, 0.4) is 0 Å². The molecule has 102 valence electrons. The van der Waals surface area contributed by atoms with Gasteiger partial charge in [-0.2, -0.15) is 0 Å². The van der Waals surface area contributed by atoms with E-state index in [1.54, 1.807) is 22.7 Å². The van der Waals surface area contributed by atoms with Gasteiger partial charge in [0.05, 0.1) is 14.9 Å². The highest BCUT2D eigenvalue weighted by Crippen LogP contribution is 2.27. The zero-order chi connectivity index (χ0) is 13.8. The summed E-state index contributed by atoms with van der Waals surface area (Å²) >= 11 is 5.42. The lowest BCUT2D eigenvalue weighted by Crippen LogP contribution is -1.88. The van der Waals surface area contributed by atoms with E-state index in [1.165, 1.54) is 26.0 Å². The monoisotopic (exact) mass is 317 g/mol. The molecule has 0 N–H and O–H groups in total. The topological polar surface area (TPSA) is 12.9 Å². The molecule has 0 bridgehead atoms. The number of thioether (sulfide) groups is 1. The molecule has 1 aromatic carbocycles. The van der Waals surface area contributed by atoms with Gasteiger partial charge in [0, 0.05) is 17.6 Å². The fourth-order valence-corrected chi connectivity index (χ4v) is 4.48. The molecule has 20 heavy (non-hydrogen) atoms. The SMILES string of the molecule is Cc1ccc(Cc2nc(CSc3cccs3)cs2)cc1. The first kappa shape index (κ1) is 13.9. The van der Waals surface area contributed by atoms with Crippen molar-refractivity contribution in [3.8, 4) is 0 Å². The molecule has 2 heterocycles. The average Bonchev–Trinajstić information content (AvgIpc) is 3.10. The standard InChI is InChI=1S/C16H15NS3/c1-12-4-6-13(7-5-12)9-15-17-14(10-19-15)11-20-16-3-2-8-18-16/h2-8,10H,9,11H2,1H3. The average molecular weight is 318 g/mol. The third-order valence-corrected chi connectivity index (χ3v) is 5.99. The highest BCUT2D eigenvalue weighted by molar-refractivity contribution is 8.00. The summed E-state index contributed by atoms with van der Waals surface area (Å²) in [5, 5.41) is 5.51. The Hall–Kier alpha value is -1.10. The molecule has 0 radical (unpaired) electrons. The Morgan fingerprint density at radius 1 is 1.10 bits per heavy atom. The van der Waals surface area contributed by atoms with E-state index in [4.69, 9.17) is 4.98 Å². The number of thiazole rings is 1. The molecule has 0 spiro atoms. The Kier molecular flexibility index (Phi) is 4.55. The van der Waals surface area contributed by atoms with Gasteiger partial charge in [-0.3, -0.25) is 0 Å². The maximum atomic E-state index is 4.73. The molecule has 3 rings (SSSR count). The van der Waals surface area contributed by atoms with Crippen LogP contribution in [-0.4, -0.2) is 4.98 Å². The molecule has 0 aliphatic rings. The van der Waals surface area contributed by atoms with Crippen molar-refractivity contribution >= 4 is 34.4 Å². The van der Waals surface area contributed by atoms with Crippen LogP contribution in [-0.2, 0) is 12.2 Å². The van der Waals surface area contributed by atoms with Gasteiger partial charge in [-0.15, -0.1) is 34.4 Å². The smallest absolute Gasteiger partial charge is 0.0972 e. The molecule has 0 fully saturated rings. The Balaban J connectivity index is 1.60. The second-order valence-electron chi connectivity index (χ2n) is 4.62. The van der Waals surface area contributed by atoms with E-state index >= 15 is 0 Å². The van der Waals surface area contributed by atoms with Gasteiger partial charge < -0.3 is 0 Å². The molecular weight excluding hydrogens is 302 g/mol. The van der Waals surface area contributed by atoms with Crippen molar-refractivity contribution in [2.45, 2.75) is 23.3 Å². The van der Waals surface area contributed by atoms with Crippen LogP contribution in [0.4, 0.5) is 0 Å². The van der Waals surface area contributed by atoms with E-state index in [2.05, 4.69) is 54.1 Å². The fourth-order valence-electron chi connectivity index (χ4n) is 1.87. The second kappa shape index (κ2) is 6.57. The fraction of sp³-hybridized carbons (Fsp3) is 0.188. The molecule has 1 nitrogen and oxygen atoms in total. The van der Waals surface area contributed by atoms with Gasteiger partial charge in [-0.1, -0.05) is 35.9 Å². The number of nitrogens with zero attached hydrogens (tertiary/aromatic N) is 1. The Bertz CT molecular complexity index is 653. The summed E-state index contributed by atoms with van der Waals surface area (Å²) in [6.07, 6.45) is 0.939. The van der Waals surface area contributed by atoms with Gasteiger partial charge in [-0.25, -0.2) is 4.98 Å². The van der Waals surface area contributed by atoms with E-state index in [-0.39, 0.29) is 0 Å². The van der Waals surface area contributed by atoms with Crippen LogP contribution in [0.15, 0.2) is 51.4 Å². The third-order valence-electron chi connectivity index (χ3n) is 2.93. The lowest BCUT2D eigenvalue weighted by molar-refractivity contribution is 1.09. The number of hydrogen-bond acceptors (Lipinski definition) is 4. The first-order valence-electron chi connectivity index (χ1n) is 6.45. The Morgan fingerprint density at radius 2 is 1.95 bits per heavy atom.